The number of rotatable bonds is 5. The fourth-order valence-corrected chi connectivity index (χ4v) is 6.43. The summed E-state index contributed by atoms with van der Waals surface area (Å²) >= 11 is 2.94. The van der Waals surface area contributed by atoms with E-state index in [0.717, 1.165) is 15.2 Å². The number of hydrogen-bond acceptors (Lipinski definition) is 7. The summed E-state index contributed by atoms with van der Waals surface area (Å²) in [4.78, 5) is 23.9. The van der Waals surface area contributed by atoms with Crippen LogP contribution < -0.4 is 0 Å². The maximum absolute atomic E-state index is 12.8. The largest absolute Gasteiger partial charge is 0.338 e. The summed E-state index contributed by atoms with van der Waals surface area (Å²) in [7, 11) is -3.01. The van der Waals surface area contributed by atoms with Crippen LogP contribution in [-0.4, -0.2) is 58.5 Å². The van der Waals surface area contributed by atoms with Gasteiger partial charge in [-0.1, -0.05) is 11.8 Å². The number of sulfone groups is 1. The highest BCUT2D eigenvalue weighted by atomic mass is 32.2. The van der Waals surface area contributed by atoms with Gasteiger partial charge in [-0.2, -0.15) is 0 Å². The molecule has 1 aliphatic heterocycles. The number of nitrogens with zero attached hydrogens (tertiary/aromatic N) is 3. The molecular weight excluding hydrogens is 366 g/mol. The Morgan fingerprint density at radius 3 is 2.96 bits per heavy atom. The molecule has 0 spiro atoms. The molecule has 24 heavy (non-hydrogen) atoms. The first-order valence-electron chi connectivity index (χ1n) is 7.77. The molecule has 0 N–H and O–H groups in total. The number of carbonyl (C=O) groups excluding carboxylic acids is 1. The van der Waals surface area contributed by atoms with Gasteiger partial charge in [0.15, 0.2) is 9.84 Å². The van der Waals surface area contributed by atoms with Crippen LogP contribution in [0, 0.1) is 0 Å². The molecule has 6 nitrogen and oxygen atoms in total. The van der Waals surface area contributed by atoms with Gasteiger partial charge in [0, 0.05) is 18.0 Å². The van der Waals surface area contributed by atoms with E-state index >= 15 is 0 Å². The van der Waals surface area contributed by atoms with Crippen LogP contribution in [0.4, 0.5) is 0 Å². The number of amides is 1. The SMILES string of the molecule is CCN(C(=O)[C@@H](C)Sc1ncnc2sccc12)[C@@H]1CCS(=O)(=O)C1. The van der Waals surface area contributed by atoms with Crippen LogP contribution in [0.1, 0.15) is 20.3 Å². The Morgan fingerprint density at radius 1 is 1.50 bits per heavy atom. The Bertz CT molecular complexity index is 850. The smallest absolute Gasteiger partial charge is 0.236 e. The molecule has 0 aromatic carbocycles. The van der Waals surface area contributed by atoms with Crippen molar-refractivity contribution in [2.75, 3.05) is 18.1 Å². The normalized spacial score (nSPS) is 21.0. The van der Waals surface area contributed by atoms with E-state index in [1.54, 1.807) is 16.2 Å². The Balaban J connectivity index is 1.75. The van der Waals surface area contributed by atoms with Gasteiger partial charge in [-0.25, -0.2) is 18.4 Å². The van der Waals surface area contributed by atoms with E-state index in [2.05, 4.69) is 9.97 Å². The number of thioether (sulfide) groups is 1. The third kappa shape index (κ3) is 3.57. The highest BCUT2D eigenvalue weighted by Gasteiger charge is 2.35. The fraction of sp³-hybridized carbons (Fsp3) is 0.533. The minimum atomic E-state index is -3.01. The lowest BCUT2D eigenvalue weighted by Gasteiger charge is -2.29. The molecule has 1 amide bonds. The second kappa shape index (κ2) is 6.97. The summed E-state index contributed by atoms with van der Waals surface area (Å²) in [5.74, 6) is 0.211. The fourth-order valence-electron chi connectivity index (χ4n) is 2.93. The molecule has 130 valence electrons. The minimum absolute atomic E-state index is 0.0356. The molecule has 1 fully saturated rings. The van der Waals surface area contributed by atoms with Crippen molar-refractivity contribution in [1.29, 1.82) is 0 Å². The van der Waals surface area contributed by atoms with Crippen LogP contribution in [0.25, 0.3) is 10.2 Å². The van der Waals surface area contributed by atoms with Crippen molar-refractivity contribution in [2.45, 2.75) is 36.6 Å². The molecule has 1 aliphatic rings. The van der Waals surface area contributed by atoms with E-state index < -0.39 is 9.84 Å². The summed E-state index contributed by atoms with van der Waals surface area (Å²) < 4.78 is 23.4. The van der Waals surface area contributed by atoms with E-state index in [4.69, 9.17) is 0 Å². The van der Waals surface area contributed by atoms with Crippen molar-refractivity contribution in [3.63, 3.8) is 0 Å². The standard InChI is InChI=1S/C15H19N3O3S3/c1-3-18(11-5-7-24(20,21)8-11)15(19)10(2)23-14-12-4-6-22-13(12)16-9-17-14/h4,6,9-11H,3,5,7-8H2,1-2H3/t10-,11-/m1/s1. The van der Waals surface area contributed by atoms with Crippen LogP contribution >= 0.6 is 23.1 Å². The molecule has 0 unspecified atom stereocenters. The zero-order valence-electron chi connectivity index (χ0n) is 13.5. The second-order valence-electron chi connectivity index (χ2n) is 5.76. The predicted molar refractivity (Wildman–Crippen MR) is 97.2 cm³/mol. The zero-order valence-corrected chi connectivity index (χ0v) is 16.0. The van der Waals surface area contributed by atoms with Crippen molar-refractivity contribution >= 4 is 49.1 Å². The maximum Gasteiger partial charge on any atom is 0.236 e. The molecule has 1 saturated heterocycles. The Morgan fingerprint density at radius 2 is 2.29 bits per heavy atom. The molecule has 0 radical (unpaired) electrons. The molecular formula is C15H19N3O3S3. The monoisotopic (exact) mass is 385 g/mol. The second-order valence-corrected chi connectivity index (χ2v) is 10.2. The maximum atomic E-state index is 12.8. The van der Waals surface area contributed by atoms with Crippen LogP contribution in [0.3, 0.4) is 0 Å². The van der Waals surface area contributed by atoms with E-state index in [0.29, 0.717) is 13.0 Å². The highest BCUT2D eigenvalue weighted by molar-refractivity contribution is 8.00. The minimum Gasteiger partial charge on any atom is -0.338 e. The molecule has 2 aromatic rings. The first-order chi connectivity index (χ1) is 11.4. The predicted octanol–water partition coefficient (Wildman–Crippen LogP) is 2.21. The Labute approximate surface area is 149 Å². The third-order valence-electron chi connectivity index (χ3n) is 4.13. The van der Waals surface area contributed by atoms with Gasteiger partial charge >= 0.3 is 0 Å². The molecule has 2 aromatic heterocycles. The lowest BCUT2D eigenvalue weighted by Crippen LogP contribution is -2.44. The highest BCUT2D eigenvalue weighted by Crippen LogP contribution is 2.31. The first-order valence-corrected chi connectivity index (χ1v) is 11.3. The summed E-state index contributed by atoms with van der Waals surface area (Å²) in [6.45, 7) is 4.25. The summed E-state index contributed by atoms with van der Waals surface area (Å²) in [6, 6.07) is 1.75. The quantitative estimate of drug-likeness (QED) is 0.580. The number of hydrogen-bond donors (Lipinski definition) is 0. The third-order valence-corrected chi connectivity index (χ3v) is 7.81. The van der Waals surface area contributed by atoms with Crippen molar-refractivity contribution < 1.29 is 13.2 Å². The van der Waals surface area contributed by atoms with Crippen LogP contribution in [0.15, 0.2) is 22.8 Å². The van der Waals surface area contributed by atoms with Gasteiger partial charge in [-0.3, -0.25) is 4.79 Å². The van der Waals surface area contributed by atoms with Crippen LogP contribution in [0.5, 0.6) is 0 Å². The van der Waals surface area contributed by atoms with Gasteiger partial charge in [0.1, 0.15) is 16.2 Å². The van der Waals surface area contributed by atoms with Crippen LogP contribution in [-0.2, 0) is 14.6 Å². The van der Waals surface area contributed by atoms with Gasteiger partial charge in [0.2, 0.25) is 5.91 Å². The van der Waals surface area contributed by atoms with Gasteiger partial charge in [-0.15, -0.1) is 11.3 Å². The van der Waals surface area contributed by atoms with Crippen molar-refractivity contribution in [1.82, 2.24) is 14.9 Å². The first kappa shape index (κ1) is 17.6. The van der Waals surface area contributed by atoms with Gasteiger partial charge in [-0.05, 0) is 31.7 Å². The van der Waals surface area contributed by atoms with Gasteiger partial charge in [0.25, 0.3) is 0 Å². The average molecular weight is 386 g/mol. The van der Waals surface area contributed by atoms with Crippen molar-refractivity contribution in [2.24, 2.45) is 0 Å². The van der Waals surface area contributed by atoms with Gasteiger partial charge < -0.3 is 4.90 Å². The van der Waals surface area contributed by atoms with E-state index in [1.807, 2.05) is 25.3 Å². The molecule has 3 rings (SSSR count). The van der Waals surface area contributed by atoms with E-state index in [-0.39, 0.29) is 28.7 Å². The summed E-state index contributed by atoms with van der Waals surface area (Å²) in [5.41, 5.74) is 0. The Hall–Kier alpha value is -1.19. The molecule has 0 aliphatic carbocycles. The van der Waals surface area contributed by atoms with Crippen molar-refractivity contribution in [3.8, 4) is 0 Å². The van der Waals surface area contributed by atoms with E-state index in [9.17, 15) is 13.2 Å². The molecule has 2 atom stereocenters. The zero-order chi connectivity index (χ0) is 17.3. The Kier molecular flexibility index (Phi) is 5.12. The number of fused-ring (bicyclic) bond motifs is 1. The lowest BCUT2D eigenvalue weighted by atomic mass is 10.2. The average Bonchev–Trinajstić information content (AvgIpc) is 3.15. The van der Waals surface area contributed by atoms with E-state index in [1.165, 1.54) is 18.1 Å². The molecule has 3 heterocycles. The number of carbonyl (C=O) groups is 1. The summed E-state index contributed by atoms with van der Waals surface area (Å²) in [5, 5.41) is 3.37. The molecule has 0 bridgehead atoms. The summed E-state index contributed by atoms with van der Waals surface area (Å²) in [6.07, 6.45) is 2.04. The number of aromatic nitrogens is 2. The van der Waals surface area contributed by atoms with Gasteiger partial charge in [0.05, 0.1) is 16.8 Å². The molecule has 9 heteroatoms. The molecule has 0 saturated carbocycles. The van der Waals surface area contributed by atoms with Crippen LogP contribution in [0.2, 0.25) is 0 Å². The van der Waals surface area contributed by atoms with Crippen molar-refractivity contribution in [3.05, 3.63) is 17.8 Å². The number of thiophene rings is 1. The topological polar surface area (TPSA) is 80.2 Å². The lowest BCUT2D eigenvalue weighted by molar-refractivity contribution is -0.131.